The molecule has 0 aromatic heterocycles. The molecule has 0 aliphatic carbocycles. The van der Waals surface area contributed by atoms with Crippen molar-refractivity contribution in [1.82, 2.24) is 10.2 Å². The van der Waals surface area contributed by atoms with Crippen LogP contribution < -0.4 is 11.1 Å². The molecular weight excluding hydrogens is 230 g/mol. The lowest BCUT2D eigenvalue weighted by Crippen LogP contribution is -2.36. The van der Waals surface area contributed by atoms with Crippen LogP contribution in [0.5, 0.6) is 0 Å². The summed E-state index contributed by atoms with van der Waals surface area (Å²) in [5.41, 5.74) is 7.82. The summed E-state index contributed by atoms with van der Waals surface area (Å²) in [7, 11) is 1.74. The molecule has 1 aliphatic heterocycles. The van der Waals surface area contributed by atoms with E-state index in [0.29, 0.717) is 24.2 Å². The number of likely N-dealkylation sites (tertiary alicyclic amines) is 1. The number of nitrogens with zero attached hydrogens (tertiary/aromatic N) is 1. The Labute approximate surface area is 106 Å². The monoisotopic (exact) mass is 247 g/mol. The fourth-order valence-corrected chi connectivity index (χ4v) is 2.05. The van der Waals surface area contributed by atoms with E-state index in [0.717, 1.165) is 5.56 Å². The topological polar surface area (TPSA) is 75.4 Å². The molecule has 1 fully saturated rings. The summed E-state index contributed by atoms with van der Waals surface area (Å²) >= 11 is 0. The number of aryl methyl sites for hydroxylation is 1. The number of carbonyl (C=O) groups is 2. The molecule has 0 bridgehead atoms. The quantitative estimate of drug-likeness (QED) is 0.749. The van der Waals surface area contributed by atoms with Crippen LogP contribution in [-0.4, -0.2) is 36.3 Å². The van der Waals surface area contributed by atoms with Crippen molar-refractivity contribution in [2.75, 3.05) is 19.3 Å². The van der Waals surface area contributed by atoms with Crippen molar-refractivity contribution in [1.29, 1.82) is 0 Å². The summed E-state index contributed by atoms with van der Waals surface area (Å²) in [4.78, 5) is 25.0. The van der Waals surface area contributed by atoms with Crippen molar-refractivity contribution in [3.8, 4) is 0 Å². The van der Waals surface area contributed by atoms with Gasteiger partial charge in [-0.15, -0.1) is 0 Å². The third kappa shape index (κ3) is 2.45. The van der Waals surface area contributed by atoms with Gasteiger partial charge < -0.3 is 16.0 Å². The number of hydrogen-bond acceptors (Lipinski definition) is 3. The van der Waals surface area contributed by atoms with Gasteiger partial charge in [-0.05, 0) is 30.7 Å². The van der Waals surface area contributed by atoms with Gasteiger partial charge >= 0.3 is 0 Å². The molecule has 3 N–H and O–H groups in total. The maximum atomic E-state index is 12.0. The van der Waals surface area contributed by atoms with Crippen molar-refractivity contribution >= 4 is 17.5 Å². The van der Waals surface area contributed by atoms with Gasteiger partial charge in [-0.3, -0.25) is 9.59 Å². The number of amides is 2. The van der Waals surface area contributed by atoms with E-state index in [1.807, 2.05) is 6.92 Å². The van der Waals surface area contributed by atoms with Crippen LogP contribution in [0.2, 0.25) is 0 Å². The number of carbonyl (C=O) groups excluding carboxylic acids is 2. The molecule has 0 spiro atoms. The largest absolute Gasteiger partial charge is 0.399 e. The van der Waals surface area contributed by atoms with Crippen LogP contribution >= 0.6 is 0 Å². The minimum absolute atomic E-state index is 0.0637. The van der Waals surface area contributed by atoms with Crippen LogP contribution in [0.15, 0.2) is 18.2 Å². The Bertz CT molecular complexity index is 499. The molecule has 1 aliphatic rings. The maximum absolute atomic E-state index is 12.0. The molecule has 0 radical (unpaired) electrons. The molecule has 1 aromatic rings. The van der Waals surface area contributed by atoms with E-state index in [2.05, 4.69) is 5.32 Å². The van der Waals surface area contributed by atoms with Gasteiger partial charge in [-0.1, -0.05) is 0 Å². The molecule has 5 nitrogen and oxygen atoms in total. The van der Waals surface area contributed by atoms with E-state index in [1.165, 1.54) is 0 Å². The molecule has 1 unspecified atom stereocenters. The molecule has 0 saturated carbocycles. The number of nitrogen functional groups attached to an aromatic ring is 1. The normalized spacial score (nSPS) is 19.1. The molecule has 2 amide bonds. The highest BCUT2D eigenvalue weighted by atomic mass is 16.2. The summed E-state index contributed by atoms with van der Waals surface area (Å²) in [6, 6.07) is 5.06. The molecular formula is C13H17N3O2. The predicted octanol–water partition coefficient (Wildman–Crippen LogP) is 0.538. The van der Waals surface area contributed by atoms with Crippen LogP contribution in [-0.2, 0) is 4.79 Å². The SMILES string of the molecule is Cc1cc(C(=O)NC2CC(=O)N(C)C2)ccc1N. The number of rotatable bonds is 2. The van der Waals surface area contributed by atoms with Gasteiger partial charge in [0.15, 0.2) is 0 Å². The first-order valence-corrected chi connectivity index (χ1v) is 5.88. The highest BCUT2D eigenvalue weighted by Gasteiger charge is 2.28. The van der Waals surface area contributed by atoms with Crippen LogP contribution in [0.4, 0.5) is 5.69 Å². The molecule has 1 saturated heterocycles. The number of nitrogens with one attached hydrogen (secondary N) is 1. The standard InChI is InChI=1S/C13H17N3O2/c1-8-5-9(3-4-11(8)14)13(18)15-10-6-12(17)16(2)7-10/h3-5,10H,6-7,14H2,1-2H3,(H,15,18). The third-order valence-corrected chi connectivity index (χ3v) is 3.21. The second-order valence-electron chi connectivity index (χ2n) is 4.72. The Morgan fingerprint density at radius 3 is 2.78 bits per heavy atom. The molecule has 1 aromatic carbocycles. The van der Waals surface area contributed by atoms with Crippen molar-refractivity contribution in [3.63, 3.8) is 0 Å². The van der Waals surface area contributed by atoms with Crippen molar-refractivity contribution in [2.24, 2.45) is 0 Å². The lowest BCUT2D eigenvalue weighted by molar-refractivity contribution is -0.126. The summed E-state index contributed by atoms with van der Waals surface area (Å²) in [5, 5.41) is 2.86. The Hall–Kier alpha value is -2.04. The average molecular weight is 247 g/mol. The predicted molar refractivity (Wildman–Crippen MR) is 69.1 cm³/mol. The summed E-state index contributed by atoms with van der Waals surface area (Å²) < 4.78 is 0. The first kappa shape index (κ1) is 12.4. The lowest BCUT2D eigenvalue weighted by atomic mass is 10.1. The minimum atomic E-state index is -0.161. The molecule has 2 rings (SSSR count). The zero-order valence-corrected chi connectivity index (χ0v) is 10.6. The zero-order valence-electron chi connectivity index (χ0n) is 10.6. The van der Waals surface area contributed by atoms with Crippen molar-refractivity contribution in [3.05, 3.63) is 29.3 Å². The fraction of sp³-hybridized carbons (Fsp3) is 0.385. The highest BCUT2D eigenvalue weighted by molar-refractivity contribution is 5.95. The zero-order chi connectivity index (χ0) is 13.3. The smallest absolute Gasteiger partial charge is 0.251 e. The van der Waals surface area contributed by atoms with Gasteiger partial charge in [0.1, 0.15) is 0 Å². The molecule has 1 heterocycles. The van der Waals surface area contributed by atoms with E-state index in [9.17, 15) is 9.59 Å². The van der Waals surface area contributed by atoms with E-state index < -0.39 is 0 Å². The molecule has 1 atom stereocenters. The van der Waals surface area contributed by atoms with Gasteiger partial charge in [-0.2, -0.15) is 0 Å². The second kappa shape index (κ2) is 4.68. The maximum Gasteiger partial charge on any atom is 0.251 e. The van der Waals surface area contributed by atoms with Gasteiger partial charge in [0.25, 0.3) is 5.91 Å². The number of anilines is 1. The Balaban J connectivity index is 2.04. The van der Waals surface area contributed by atoms with Gasteiger partial charge in [-0.25, -0.2) is 0 Å². The fourth-order valence-electron chi connectivity index (χ4n) is 2.05. The number of likely N-dealkylation sites (N-methyl/N-ethyl adjacent to an activating group) is 1. The Kier molecular flexibility index (Phi) is 3.23. The van der Waals surface area contributed by atoms with E-state index in [4.69, 9.17) is 5.73 Å². The summed E-state index contributed by atoms with van der Waals surface area (Å²) in [6.45, 7) is 2.43. The Morgan fingerprint density at radius 2 is 2.22 bits per heavy atom. The average Bonchev–Trinajstić information content (AvgIpc) is 2.61. The van der Waals surface area contributed by atoms with E-state index >= 15 is 0 Å². The Morgan fingerprint density at radius 1 is 1.50 bits per heavy atom. The van der Waals surface area contributed by atoms with Gasteiger partial charge in [0.2, 0.25) is 5.91 Å². The number of benzene rings is 1. The van der Waals surface area contributed by atoms with Gasteiger partial charge in [0, 0.05) is 31.3 Å². The lowest BCUT2D eigenvalue weighted by Gasteiger charge is -2.13. The van der Waals surface area contributed by atoms with Crippen molar-refractivity contribution < 1.29 is 9.59 Å². The molecule has 18 heavy (non-hydrogen) atoms. The van der Waals surface area contributed by atoms with Crippen LogP contribution in [0.25, 0.3) is 0 Å². The minimum Gasteiger partial charge on any atom is -0.399 e. The summed E-state index contributed by atoms with van der Waals surface area (Å²) in [5.74, 6) is -0.0972. The van der Waals surface area contributed by atoms with Crippen molar-refractivity contribution in [2.45, 2.75) is 19.4 Å². The van der Waals surface area contributed by atoms with E-state index in [-0.39, 0.29) is 17.9 Å². The third-order valence-electron chi connectivity index (χ3n) is 3.21. The van der Waals surface area contributed by atoms with Crippen LogP contribution in [0.3, 0.4) is 0 Å². The molecule has 96 valence electrons. The number of hydrogen-bond donors (Lipinski definition) is 2. The highest BCUT2D eigenvalue weighted by Crippen LogP contribution is 2.14. The number of nitrogens with two attached hydrogens (primary N) is 1. The molecule has 5 heteroatoms. The first-order chi connectivity index (χ1) is 8.47. The van der Waals surface area contributed by atoms with Crippen LogP contribution in [0.1, 0.15) is 22.3 Å². The van der Waals surface area contributed by atoms with E-state index in [1.54, 1.807) is 30.1 Å². The second-order valence-corrected chi connectivity index (χ2v) is 4.72. The van der Waals surface area contributed by atoms with Gasteiger partial charge in [0.05, 0.1) is 6.04 Å². The first-order valence-electron chi connectivity index (χ1n) is 5.88. The summed E-state index contributed by atoms with van der Waals surface area (Å²) in [6.07, 6.45) is 0.371. The van der Waals surface area contributed by atoms with Crippen LogP contribution in [0, 0.1) is 6.92 Å².